The summed E-state index contributed by atoms with van der Waals surface area (Å²) in [6.45, 7) is 6.14. The van der Waals surface area contributed by atoms with Crippen LogP contribution in [0, 0.1) is 0 Å². The van der Waals surface area contributed by atoms with Crippen LogP contribution in [0.4, 0.5) is 17.2 Å². The minimum atomic E-state index is -0.214. The minimum Gasteiger partial charge on any atom is -0.397 e. The molecule has 2 heterocycles. The molecule has 0 spiro atoms. The molecule has 1 aromatic heterocycles. The molecule has 1 aliphatic heterocycles. The van der Waals surface area contributed by atoms with Crippen LogP contribution in [-0.4, -0.2) is 36.1 Å². The van der Waals surface area contributed by atoms with Crippen molar-refractivity contribution in [2.45, 2.75) is 25.9 Å². The van der Waals surface area contributed by atoms with Crippen LogP contribution < -0.4 is 21.3 Å². The molecule has 2 atom stereocenters. The van der Waals surface area contributed by atoms with Crippen LogP contribution in [0.15, 0.2) is 42.6 Å². The molecule has 0 unspecified atom stereocenters. The van der Waals surface area contributed by atoms with Crippen LogP contribution in [0.2, 0.25) is 0 Å². The van der Waals surface area contributed by atoms with Gasteiger partial charge in [-0.1, -0.05) is 12.1 Å². The first-order chi connectivity index (χ1) is 11.5. The van der Waals surface area contributed by atoms with Crippen molar-refractivity contribution in [3.05, 3.63) is 48.2 Å². The predicted molar refractivity (Wildman–Crippen MR) is 97.3 cm³/mol. The number of nitrogens with one attached hydrogen (secondary N) is 2. The lowest BCUT2D eigenvalue weighted by Crippen LogP contribution is -2.54. The second-order valence-electron chi connectivity index (χ2n) is 6.32. The molecule has 1 saturated heterocycles. The smallest absolute Gasteiger partial charge is 0.257 e. The maximum Gasteiger partial charge on any atom is 0.257 e. The summed E-state index contributed by atoms with van der Waals surface area (Å²) in [5.41, 5.74) is 7.51. The highest BCUT2D eigenvalue weighted by molar-refractivity contribution is 6.05. The summed E-state index contributed by atoms with van der Waals surface area (Å²) in [4.78, 5) is 19.0. The molecule has 6 nitrogen and oxygen atoms in total. The molecule has 0 radical (unpaired) electrons. The second kappa shape index (κ2) is 6.88. The molecular formula is C18H23N5O. The van der Waals surface area contributed by atoms with E-state index in [0.717, 1.165) is 18.9 Å². The second-order valence-corrected chi connectivity index (χ2v) is 6.32. The molecule has 0 aliphatic carbocycles. The van der Waals surface area contributed by atoms with Gasteiger partial charge in [0.15, 0.2) is 0 Å². The molecule has 3 rings (SSSR count). The average Bonchev–Trinajstić information content (AvgIpc) is 2.56. The van der Waals surface area contributed by atoms with E-state index in [1.807, 2.05) is 18.2 Å². The fraction of sp³-hybridized carbons (Fsp3) is 0.333. The number of nitrogens with zero attached hydrogens (tertiary/aromatic N) is 2. The Morgan fingerprint density at radius 1 is 1.21 bits per heavy atom. The number of nitrogens with two attached hydrogens (primary N) is 1. The number of amides is 1. The molecule has 1 fully saturated rings. The van der Waals surface area contributed by atoms with E-state index >= 15 is 0 Å². The topological polar surface area (TPSA) is 83.3 Å². The maximum atomic E-state index is 12.3. The summed E-state index contributed by atoms with van der Waals surface area (Å²) in [5.74, 6) is 0.681. The van der Waals surface area contributed by atoms with E-state index in [0.29, 0.717) is 29.0 Å². The number of carbonyl (C=O) groups is 1. The predicted octanol–water partition coefficient (Wildman–Crippen LogP) is 2.10. The van der Waals surface area contributed by atoms with E-state index in [1.165, 1.54) is 0 Å². The fourth-order valence-corrected chi connectivity index (χ4v) is 3.03. The highest BCUT2D eigenvalue weighted by atomic mass is 16.1. The van der Waals surface area contributed by atoms with Gasteiger partial charge in [0.25, 0.3) is 5.91 Å². The van der Waals surface area contributed by atoms with E-state index in [-0.39, 0.29) is 5.91 Å². The number of piperazine rings is 1. The van der Waals surface area contributed by atoms with Crippen molar-refractivity contribution >= 4 is 23.1 Å². The Morgan fingerprint density at radius 2 is 1.92 bits per heavy atom. The highest BCUT2D eigenvalue weighted by Crippen LogP contribution is 2.19. The number of aromatic nitrogens is 1. The van der Waals surface area contributed by atoms with Gasteiger partial charge in [0.05, 0.1) is 16.9 Å². The van der Waals surface area contributed by atoms with Crippen molar-refractivity contribution in [2.24, 2.45) is 0 Å². The first kappa shape index (κ1) is 16.3. The number of anilines is 3. The molecule has 6 heteroatoms. The molecule has 1 aromatic carbocycles. The van der Waals surface area contributed by atoms with Gasteiger partial charge in [0, 0.05) is 31.4 Å². The van der Waals surface area contributed by atoms with E-state index < -0.39 is 0 Å². The Hall–Kier alpha value is -2.60. The largest absolute Gasteiger partial charge is 0.397 e. The van der Waals surface area contributed by atoms with Gasteiger partial charge in [-0.3, -0.25) is 4.79 Å². The Balaban J connectivity index is 1.70. The number of benzene rings is 1. The molecule has 24 heavy (non-hydrogen) atoms. The molecule has 4 N–H and O–H groups in total. The normalized spacial score (nSPS) is 20.7. The van der Waals surface area contributed by atoms with Crippen LogP contribution in [0.5, 0.6) is 0 Å². The van der Waals surface area contributed by atoms with Gasteiger partial charge in [-0.15, -0.1) is 0 Å². The van der Waals surface area contributed by atoms with Crippen LogP contribution >= 0.6 is 0 Å². The lowest BCUT2D eigenvalue weighted by atomic mass is 10.1. The Bertz CT molecular complexity index is 706. The lowest BCUT2D eigenvalue weighted by molar-refractivity contribution is 0.102. The summed E-state index contributed by atoms with van der Waals surface area (Å²) >= 11 is 0. The van der Waals surface area contributed by atoms with Crippen molar-refractivity contribution in [2.75, 3.05) is 29.0 Å². The Labute approximate surface area is 142 Å². The van der Waals surface area contributed by atoms with Crippen molar-refractivity contribution in [3.63, 3.8) is 0 Å². The van der Waals surface area contributed by atoms with Crippen LogP contribution in [-0.2, 0) is 0 Å². The van der Waals surface area contributed by atoms with E-state index in [4.69, 9.17) is 5.73 Å². The zero-order chi connectivity index (χ0) is 17.1. The number of carbonyl (C=O) groups excluding carboxylic acids is 1. The van der Waals surface area contributed by atoms with Gasteiger partial charge < -0.3 is 21.3 Å². The third kappa shape index (κ3) is 3.65. The number of pyridine rings is 1. The Kier molecular flexibility index (Phi) is 4.66. The van der Waals surface area contributed by atoms with Gasteiger partial charge in [0.2, 0.25) is 0 Å². The lowest BCUT2D eigenvalue weighted by Gasteiger charge is -2.36. The van der Waals surface area contributed by atoms with Crippen LogP contribution in [0.3, 0.4) is 0 Å². The number of nitrogen functional groups attached to an aromatic ring is 1. The zero-order valence-electron chi connectivity index (χ0n) is 14.0. The zero-order valence-corrected chi connectivity index (χ0v) is 14.0. The molecule has 0 bridgehead atoms. The third-order valence-electron chi connectivity index (χ3n) is 4.10. The van der Waals surface area contributed by atoms with Crippen LogP contribution in [0.25, 0.3) is 0 Å². The van der Waals surface area contributed by atoms with Crippen molar-refractivity contribution < 1.29 is 4.79 Å². The van der Waals surface area contributed by atoms with Gasteiger partial charge in [-0.2, -0.15) is 0 Å². The molecule has 1 aliphatic rings. The number of hydrogen-bond acceptors (Lipinski definition) is 5. The van der Waals surface area contributed by atoms with Gasteiger partial charge in [-0.05, 0) is 38.1 Å². The summed E-state index contributed by atoms with van der Waals surface area (Å²) in [7, 11) is 0. The molecular weight excluding hydrogens is 302 g/mol. The van der Waals surface area contributed by atoms with Crippen molar-refractivity contribution in [1.82, 2.24) is 10.3 Å². The quantitative estimate of drug-likeness (QED) is 0.753. The number of hydrogen-bond donors (Lipinski definition) is 3. The summed E-state index contributed by atoms with van der Waals surface area (Å²) < 4.78 is 0. The number of rotatable bonds is 3. The maximum absolute atomic E-state index is 12.3. The molecule has 126 valence electrons. The first-order valence-electron chi connectivity index (χ1n) is 8.16. The average molecular weight is 325 g/mol. The molecule has 2 aromatic rings. The SMILES string of the molecule is C[C@@H]1CN(c2ccc(C(=O)Nc3ccccc3N)cn2)C[C@H](C)N1. The van der Waals surface area contributed by atoms with E-state index in [9.17, 15) is 4.79 Å². The first-order valence-corrected chi connectivity index (χ1v) is 8.16. The number of para-hydroxylation sites is 2. The highest BCUT2D eigenvalue weighted by Gasteiger charge is 2.22. The standard InChI is InChI=1S/C18H23N5O/c1-12-10-23(11-13(2)21-12)17-8-7-14(9-20-17)18(24)22-16-6-4-3-5-15(16)19/h3-9,12-13,21H,10-11,19H2,1-2H3,(H,22,24)/t12-,13+. The van der Waals surface area contributed by atoms with Crippen molar-refractivity contribution in [3.8, 4) is 0 Å². The van der Waals surface area contributed by atoms with Crippen LogP contribution in [0.1, 0.15) is 24.2 Å². The van der Waals surface area contributed by atoms with Crippen molar-refractivity contribution in [1.29, 1.82) is 0 Å². The Morgan fingerprint density at radius 3 is 2.54 bits per heavy atom. The van der Waals surface area contributed by atoms with Gasteiger partial charge in [0.1, 0.15) is 5.82 Å². The summed E-state index contributed by atoms with van der Waals surface area (Å²) in [6, 6.07) is 11.7. The summed E-state index contributed by atoms with van der Waals surface area (Å²) in [6.07, 6.45) is 1.61. The van der Waals surface area contributed by atoms with Gasteiger partial charge >= 0.3 is 0 Å². The van der Waals surface area contributed by atoms with E-state index in [2.05, 4.69) is 34.4 Å². The van der Waals surface area contributed by atoms with E-state index in [1.54, 1.807) is 24.4 Å². The fourth-order valence-electron chi connectivity index (χ4n) is 3.03. The minimum absolute atomic E-state index is 0.214. The summed E-state index contributed by atoms with van der Waals surface area (Å²) in [5, 5.41) is 6.31. The van der Waals surface area contributed by atoms with Gasteiger partial charge in [-0.25, -0.2) is 4.98 Å². The monoisotopic (exact) mass is 325 g/mol. The molecule has 0 saturated carbocycles. The molecule has 1 amide bonds. The third-order valence-corrected chi connectivity index (χ3v) is 4.10.